The molecule has 1 aromatic carbocycles. The van der Waals surface area contributed by atoms with Crippen molar-refractivity contribution in [2.75, 3.05) is 11.4 Å². The second-order valence-electron chi connectivity index (χ2n) is 3.97. The molecule has 1 aromatic rings. The lowest BCUT2D eigenvalue weighted by Crippen LogP contribution is -2.30. The Kier molecular flexibility index (Phi) is 3.60. The fourth-order valence-corrected chi connectivity index (χ4v) is 1.67. The summed E-state index contributed by atoms with van der Waals surface area (Å²) in [6, 6.07) is 5.70. The van der Waals surface area contributed by atoms with E-state index in [-0.39, 0.29) is 5.56 Å². The molecule has 7 nitrogen and oxygen atoms in total. The lowest BCUT2D eigenvalue weighted by atomic mass is 10.2. The highest BCUT2D eigenvalue weighted by Gasteiger charge is 2.25. The Labute approximate surface area is 113 Å². The van der Waals surface area contributed by atoms with Crippen LogP contribution in [0, 0.1) is 0 Å². The van der Waals surface area contributed by atoms with E-state index < -0.39 is 30.2 Å². The summed E-state index contributed by atoms with van der Waals surface area (Å²) < 4.78 is 0. The van der Waals surface area contributed by atoms with E-state index in [4.69, 9.17) is 5.11 Å². The first-order valence-electron chi connectivity index (χ1n) is 5.65. The van der Waals surface area contributed by atoms with Crippen LogP contribution in [0.15, 0.2) is 36.4 Å². The summed E-state index contributed by atoms with van der Waals surface area (Å²) in [5.74, 6) is -2.58. The van der Waals surface area contributed by atoms with Gasteiger partial charge in [0, 0.05) is 17.7 Å². The highest BCUT2D eigenvalue weighted by Crippen LogP contribution is 2.19. The van der Waals surface area contributed by atoms with E-state index in [1.807, 2.05) is 0 Å². The Morgan fingerprint density at radius 2 is 1.60 bits per heavy atom. The van der Waals surface area contributed by atoms with E-state index in [9.17, 15) is 19.2 Å². The molecule has 102 valence electrons. The number of carbonyl (C=O) groups is 4. The third kappa shape index (κ3) is 2.72. The fourth-order valence-electron chi connectivity index (χ4n) is 1.67. The van der Waals surface area contributed by atoms with Crippen LogP contribution >= 0.6 is 0 Å². The van der Waals surface area contributed by atoms with Gasteiger partial charge in [0.1, 0.15) is 6.54 Å². The van der Waals surface area contributed by atoms with Crippen molar-refractivity contribution in [3.63, 3.8) is 0 Å². The first-order chi connectivity index (χ1) is 9.49. The molecule has 20 heavy (non-hydrogen) atoms. The van der Waals surface area contributed by atoms with Gasteiger partial charge in [-0.25, -0.2) is 4.90 Å². The zero-order valence-corrected chi connectivity index (χ0v) is 10.2. The molecule has 2 N–H and O–H groups in total. The molecule has 0 aromatic heterocycles. The molecule has 0 aliphatic carbocycles. The van der Waals surface area contributed by atoms with Crippen LogP contribution < -0.4 is 10.2 Å². The average Bonchev–Trinajstić information content (AvgIpc) is 2.76. The van der Waals surface area contributed by atoms with E-state index >= 15 is 0 Å². The molecule has 2 rings (SSSR count). The number of imide groups is 1. The Bertz CT molecular complexity index is 600. The molecular formula is C13H10N2O5. The Balaban J connectivity index is 2.10. The van der Waals surface area contributed by atoms with Crippen molar-refractivity contribution in [3.8, 4) is 0 Å². The maximum atomic E-state index is 11.6. The minimum absolute atomic E-state index is 0.238. The van der Waals surface area contributed by atoms with Gasteiger partial charge in [-0.15, -0.1) is 0 Å². The Hall–Kier alpha value is -2.96. The Morgan fingerprint density at radius 3 is 2.10 bits per heavy atom. The molecule has 0 spiro atoms. The molecule has 1 heterocycles. The van der Waals surface area contributed by atoms with Gasteiger partial charge in [0.05, 0.1) is 5.69 Å². The van der Waals surface area contributed by atoms with E-state index in [1.165, 1.54) is 24.3 Å². The van der Waals surface area contributed by atoms with Crippen LogP contribution in [0.1, 0.15) is 10.4 Å². The van der Waals surface area contributed by atoms with Crippen molar-refractivity contribution in [3.05, 3.63) is 42.0 Å². The fraction of sp³-hybridized carbons (Fsp3) is 0.0769. The van der Waals surface area contributed by atoms with Gasteiger partial charge in [-0.1, -0.05) is 0 Å². The van der Waals surface area contributed by atoms with Crippen LogP contribution in [0.5, 0.6) is 0 Å². The number of rotatable bonds is 4. The maximum absolute atomic E-state index is 11.6. The number of anilines is 1. The number of aliphatic carboxylic acids is 1. The standard InChI is InChI=1S/C13H10N2O5/c16-10-5-6-11(17)15(10)9-3-1-8(2-4-9)13(20)14-7-12(18)19/h1-6H,7H2,(H,14,20)(H,18,19). The topological polar surface area (TPSA) is 104 Å². The highest BCUT2D eigenvalue weighted by atomic mass is 16.4. The van der Waals surface area contributed by atoms with Crippen LogP contribution in [0.2, 0.25) is 0 Å². The summed E-state index contributed by atoms with van der Waals surface area (Å²) in [6.07, 6.45) is 2.33. The largest absolute Gasteiger partial charge is 0.480 e. The van der Waals surface area contributed by atoms with Crippen LogP contribution in [0.3, 0.4) is 0 Å². The number of hydrogen-bond acceptors (Lipinski definition) is 4. The summed E-state index contributed by atoms with van der Waals surface area (Å²) in [5.41, 5.74) is 0.585. The zero-order chi connectivity index (χ0) is 14.7. The van der Waals surface area contributed by atoms with Crippen molar-refractivity contribution in [1.29, 1.82) is 0 Å². The lowest BCUT2D eigenvalue weighted by Gasteiger charge is -2.13. The molecule has 1 aliphatic rings. The summed E-state index contributed by atoms with van der Waals surface area (Å²) in [4.78, 5) is 45.8. The second-order valence-corrected chi connectivity index (χ2v) is 3.97. The summed E-state index contributed by atoms with van der Waals surface area (Å²) in [7, 11) is 0. The molecule has 0 fully saturated rings. The van der Waals surface area contributed by atoms with Gasteiger partial charge in [0.15, 0.2) is 0 Å². The molecule has 0 unspecified atom stereocenters. The molecule has 0 radical (unpaired) electrons. The number of benzene rings is 1. The number of hydrogen-bond donors (Lipinski definition) is 2. The quantitative estimate of drug-likeness (QED) is 0.748. The van der Waals surface area contributed by atoms with Gasteiger partial charge in [0.25, 0.3) is 17.7 Å². The number of carbonyl (C=O) groups excluding carboxylic acids is 3. The van der Waals surface area contributed by atoms with Gasteiger partial charge >= 0.3 is 5.97 Å². The number of nitrogens with one attached hydrogen (secondary N) is 1. The molecule has 0 saturated carbocycles. The van der Waals surface area contributed by atoms with Crippen molar-refractivity contribution in [2.45, 2.75) is 0 Å². The monoisotopic (exact) mass is 274 g/mol. The van der Waals surface area contributed by atoms with Gasteiger partial charge in [-0.2, -0.15) is 0 Å². The maximum Gasteiger partial charge on any atom is 0.322 e. The first kappa shape index (κ1) is 13.5. The zero-order valence-electron chi connectivity index (χ0n) is 10.2. The number of carboxylic acids is 1. The molecule has 0 atom stereocenters. The van der Waals surface area contributed by atoms with Gasteiger partial charge in [-0.3, -0.25) is 19.2 Å². The van der Waals surface area contributed by atoms with E-state index in [2.05, 4.69) is 5.32 Å². The van der Waals surface area contributed by atoms with E-state index in [1.54, 1.807) is 0 Å². The minimum atomic E-state index is -1.14. The van der Waals surface area contributed by atoms with Crippen LogP contribution in [-0.4, -0.2) is 35.3 Å². The van der Waals surface area contributed by atoms with Crippen LogP contribution in [0.25, 0.3) is 0 Å². The van der Waals surface area contributed by atoms with Crippen LogP contribution in [0.4, 0.5) is 5.69 Å². The Morgan fingerprint density at radius 1 is 1.05 bits per heavy atom. The third-order valence-electron chi connectivity index (χ3n) is 2.60. The summed E-state index contributed by atoms with van der Waals surface area (Å²) in [5, 5.41) is 10.7. The highest BCUT2D eigenvalue weighted by molar-refractivity contribution is 6.28. The normalized spacial score (nSPS) is 13.7. The average molecular weight is 274 g/mol. The molecular weight excluding hydrogens is 264 g/mol. The smallest absolute Gasteiger partial charge is 0.322 e. The van der Waals surface area contributed by atoms with Gasteiger partial charge in [0.2, 0.25) is 0 Å². The molecule has 0 saturated heterocycles. The summed E-state index contributed by atoms with van der Waals surface area (Å²) in [6.45, 7) is -0.479. The second kappa shape index (κ2) is 5.35. The first-order valence-corrected chi connectivity index (χ1v) is 5.65. The molecule has 0 bridgehead atoms. The van der Waals surface area contributed by atoms with Crippen molar-refractivity contribution >= 4 is 29.4 Å². The number of nitrogens with zero attached hydrogens (tertiary/aromatic N) is 1. The minimum Gasteiger partial charge on any atom is -0.480 e. The predicted molar refractivity (Wildman–Crippen MR) is 68.0 cm³/mol. The third-order valence-corrected chi connectivity index (χ3v) is 2.60. The van der Waals surface area contributed by atoms with Crippen molar-refractivity contribution in [1.82, 2.24) is 5.32 Å². The number of amides is 3. The van der Waals surface area contributed by atoms with Crippen LogP contribution in [-0.2, 0) is 14.4 Å². The van der Waals surface area contributed by atoms with E-state index in [0.29, 0.717) is 5.69 Å². The molecule has 3 amide bonds. The van der Waals surface area contributed by atoms with Crippen molar-refractivity contribution in [2.24, 2.45) is 0 Å². The van der Waals surface area contributed by atoms with Gasteiger partial charge < -0.3 is 10.4 Å². The summed E-state index contributed by atoms with van der Waals surface area (Å²) >= 11 is 0. The van der Waals surface area contributed by atoms with Crippen molar-refractivity contribution < 1.29 is 24.3 Å². The van der Waals surface area contributed by atoms with E-state index in [0.717, 1.165) is 17.1 Å². The lowest BCUT2D eigenvalue weighted by molar-refractivity contribution is -0.135. The molecule has 7 heteroatoms. The predicted octanol–water partition coefficient (Wildman–Crippen LogP) is -0.0696. The number of carboxylic acid groups (broad SMARTS) is 1. The SMILES string of the molecule is O=C(O)CNC(=O)c1ccc(N2C(=O)C=CC2=O)cc1. The molecule has 1 aliphatic heterocycles. The van der Waals surface area contributed by atoms with Gasteiger partial charge in [-0.05, 0) is 24.3 Å².